The Morgan fingerprint density at radius 1 is 1.33 bits per heavy atom. The fourth-order valence-electron chi connectivity index (χ4n) is 1.96. The highest BCUT2D eigenvalue weighted by Crippen LogP contribution is 2.27. The van der Waals surface area contributed by atoms with Gasteiger partial charge >= 0.3 is 0 Å². The number of carbonyl (C=O) groups excluding carboxylic acids is 1. The lowest BCUT2D eigenvalue weighted by Crippen LogP contribution is -2.39. The van der Waals surface area contributed by atoms with Crippen molar-refractivity contribution in [3.05, 3.63) is 47.3 Å². The number of aromatic nitrogens is 2. The largest absolute Gasteiger partial charge is 0.358 e. The summed E-state index contributed by atoms with van der Waals surface area (Å²) in [7, 11) is 0. The van der Waals surface area contributed by atoms with Crippen molar-refractivity contribution in [2.24, 2.45) is 0 Å². The van der Waals surface area contributed by atoms with Crippen LogP contribution >= 0.6 is 0 Å². The zero-order chi connectivity index (χ0) is 12.7. The molecule has 1 aromatic heterocycles. The molecule has 1 aliphatic rings. The van der Waals surface area contributed by atoms with Crippen molar-refractivity contribution in [2.45, 2.75) is 13.1 Å². The van der Waals surface area contributed by atoms with Crippen LogP contribution < -0.4 is 10.6 Å². The molecule has 6 heteroatoms. The molecule has 5 nitrogen and oxygen atoms in total. The van der Waals surface area contributed by atoms with E-state index in [1.54, 1.807) is 25.4 Å². The summed E-state index contributed by atoms with van der Waals surface area (Å²) in [6, 6.07) is 2.87. The Hall–Kier alpha value is -2.37. The molecular formula is C12H11FN4O. The second kappa shape index (κ2) is 3.83. The van der Waals surface area contributed by atoms with E-state index in [9.17, 15) is 9.18 Å². The van der Waals surface area contributed by atoms with Crippen LogP contribution in [0.4, 0.5) is 10.1 Å². The van der Waals surface area contributed by atoms with Gasteiger partial charge in [0.1, 0.15) is 11.6 Å². The molecule has 0 saturated carbocycles. The summed E-state index contributed by atoms with van der Waals surface area (Å²) < 4.78 is 13.4. The molecule has 1 aliphatic heterocycles. The van der Waals surface area contributed by atoms with E-state index in [1.165, 1.54) is 6.07 Å². The highest BCUT2D eigenvalue weighted by molar-refractivity contribution is 6.01. The lowest BCUT2D eigenvalue weighted by Gasteiger charge is -2.26. The first-order valence-corrected chi connectivity index (χ1v) is 5.52. The summed E-state index contributed by atoms with van der Waals surface area (Å²) in [6.07, 6.45) is 2.85. The molecule has 0 saturated heterocycles. The van der Waals surface area contributed by atoms with Gasteiger partial charge in [-0.15, -0.1) is 0 Å². The van der Waals surface area contributed by atoms with E-state index < -0.39 is 6.17 Å². The van der Waals surface area contributed by atoms with Crippen molar-refractivity contribution in [1.82, 2.24) is 15.3 Å². The summed E-state index contributed by atoms with van der Waals surface area (Å²) in [4.78, 5) is 18.9. The first kappa shape index (κ1) is 10.8. The van der Waals surface area contributed by atoms with E-state index in [4.69, 9.17) is 0 Å². The van der Waals surface area contributed by atoms with Gasteiger partial charge in [0.05, 0.1) is 5.56 Å². The Labute approximate surface area is 102 Å². The standard InChI is InChI=1S/C12H11FN4O/c1-6-4-9-7(5-8(6)13)12(18)17-11(16-9)10-14-2-3-15-10/h2-5,11,16H,1H3,(H,14,15)(H,17,18)/t11-/m1/s1. The molecule has 1 aromatic carbocycles. The minimum absolute atomic E-state index is 0.306. The molecular weight excluding hydrogens is 235 g/mol. The second-order valence-corrected chi connectivity index (χ2v) is 4.17. The normalized spacial score (nSPS) is 17.9. The van der Waals surface area contributed by atoms with E-state index in [0.717, 1.165) is 0 Å². The number of aromatic amines is 1. The molecule has 3 rings (SSSR count). The van der Waals surface area contributed by atoms with Gasteiger partial charge in [-0.1, -0.05) is 0 Å². The molecule has 2 aromatic rings. The predicted molar refractivity (Wildman–Crippen MR) is 63.6 cm³/mol. The molecule has 3 N–H and O–H groups in total. The number of amides is 1. The lowest BCUT2D eigenvalue weighted by atomic mass is 10.1. The summed E-state index contributed by atoms with van der Waals surface area (Å²) >= 11 is 0. The highest BCUT2D eigenvalue weighted by Gasteiger charge is 2.26. The van der Waals surface area contributed by atoms with Crippen LogP contribution in [0.2, 0.25) is 0 Å². The van der Waals surface area contributed by atoms with Crippen LogP contribution in [-0.2, 0) is 0 Å². The number of nitrogens with zero attached hydrogens (tertiary/aromatic N) is 1. The van der Waals surface area contributed by atoms with Gasteiger partial charge in [-0.05, 0) is 24.6 Å². The van der Waals surface area contributed by atoms with Crippen molar-refractivity contribution in [3.8, 4) is 0 Å². The molecule has 0 unspecified atom stereocenters. The molecule has 0 spiro atoms. The number of rotatable bonds is 1. The van der Waals surface area contributed by atoms with Crippen molar-refractivity contribution < 1.29 is 9.18 Å². The van der Waals surface area contributed by atoms with Gasteiger partial charge < -0.3 is 15.6 Å². The van der Waals surface area contributed by atoms with Gasteiger partial charge in [0.25, 0.3) is 5.91 Å². The van der Waals surface area contributed by atoms with Crippen LogP contribution in [0.15, 0.2) is 24.5 Å². The van der Waals surface area contributed by atoms with Crippen molar-refractivity contribution in [2.75, 3.05) is 5.32 Å². The average Bonchev–Trinajstić information content (AvgIpc) is 2.85. The van der Waals surface area contributed by atoms with Crippen molar-refractivity contribution in [1.29, 1.82) is 0 Å². The number of aryl methyl sites for hydroxylation is 1. The number of fused-ring (bicyclic) bond motifs is 1. The van der Waals surface area contributed by atoms with Crippen molar-refractivity contribution in [3.63, 3.8) is 0 Å². The maximum absolute atomic E-state index is 13.4. The Morgan fingerprint density at radius 2 is 2.17 bits per heavy atom. The molecule has 2 heterocycles. The smallest absolute Gasteiger partial charge is 0.255 e. The topological polar surface area (TPSA) is 69.8 Å². The number of hydrogen-bond acceptors (Lipinski definition) is 3. The van der Waals surface area contributed by atoms with E-state index >= 15 is 0 Å². The number of imidazole rings is 1. The number of H-pyrrole nitrogens is 1. The zero-order valence-corrected chi connectivity index (χ0v) is 9.62. The third-order valence-electron chi connectivity index (χ3n) is 2.91. The van der Waals surface area contributed by atoms with Crippen molar-refractivity contribution >= 4 is 11.6 Å². The predicted octanol–water partition coefficient (Wildman–Crippen LogP) is 1.71. The number of halogens is 1. The van der Waals surface area contributed by atoms with Gasteiger partial charge in [0.15, 0.2) is 6.17 Å². The van der Waals surface area contributed by atoms with Crippen LogP contribution in [0, 0.1) is 12.7 Å². The third kappa shape index (κ3) is 1.62. The molecule has 0 radical (unpaired) electrons. The number of nitrogens with one attached hydrogen (secondary N) is 3. The van der Waals surface area contributed by atoms with Crippen LogP contribution in [-0.4, -0.2) is 15.9 Å². The maximum atomic E-state index is 13.4. The maximum Gasteiger partial charge on any atom is 0.255 e. The Bertz CT molecular complexity index is 609. The quantitative estimate of drug-likeness (QED) is 0.717. The molecule has 0 aliphatic carbocycles. The van der Waals surface area contributed by atoms with Crippen LogP contribution in [0.25, 0.3) is 0 Å². The van der Waals surface area contributed by atoms with Gasteiger partial charge in [-0.25, -0.2) is 9.37 Å². The SMILES string of the molecule is Cc1cc2c(cc1F)C(=O)N[C@H](c1ncc[nH]1)N2. The summed E-state index contributed by atoms with van der Waals surface area (Å²) in [6.45, 7) is 1.66. The lowest BCUT2D eigenvalue weighted by molar-refractivity contribution is 0.0933. The second-order valence-electron chi connectivity index (χ2n) is 4.17. The summed E-state index contributed by atoms with van der Waals surface area (Å²) in [5.74, 6) is -0.0952. The number of carbonyl (C=O) groups is 1. The zero-order valence-electron chi connectivity index (χ0n) is 9.62. The summed E-state index contributed by atoms with van der Waals surface area (Å²) in [5, 5.41) is 5.82. The Kier molecular flexibility index (Phi) is 2.29. The molecule has 92 valence electrons. The first-order valence-electron chi connectivity index (χ1n) is 5.52. The minimum atomic E-state index is -0.426. The molecule has 1 amide bonds. The molecule has 1 atom stereocenters. The Morgan fingerprint density at radius 3 is 2.89 bits per heavy atom. The summed E-state index contributed by atoms with van der Waals surface area (Å²) in [5.41, 5.74) is 1.41. The monoisotopic (exact) mass is 246 g/mol. The number of hydrogen-bond donors (Lipinski definition) is 3. The van der Waals surface area contributed by atoms with E-state index in [2.05, 4.69) is 20.6 Å². The van der Waals surface area contributed by atoms with Crippen LogP contribution in [0.5, 0.6) is 0 Å². The van der Waals surface area contributed by atoms with Crippen LogP contribution in [0.3, 0.4) is 0 Å². The molecule has 18 heavy (non-hydrogen) atoms. The molecule has 0 fully saturated rings. The number of anilines is 1. The minimum Gasteiger partial charge on any atom is -0.358 e. The number of benzene rings is 1. The average molecular weight is 246 g/mol. The van der Waals surface area contributed by atoms with E-state index in [-0.39, 0.29) is 11.7 Å². The third-order valence-corrected chi connectivity index (χ3v) is 2.91. The molecule has 0 bridgehead atoms. The fourth-order valence-corrected chi connectivity index (χ4v) is 1.96. The van der Waals surface area contributed by atoms with Gasteiger partial charge in [-0.2, -0.15) is 0 Å². The van der Waals surface area contributed by atoms with Crippen LogP contribution in [0.1, 0.15) is 27.9 Å². The first-order chi connectivity index (χ1) is 8.65. The Balaban J connectivity index is 2.02. The van der Waals surface area contributed by atoms with Gasteiger partial charge in [0, 0.05) is 18.1 Å². The van der Waals surface area contributed by atoms with Gasteiger partial charge in [0.2, 0.25) is 0 Å². The van der Waals surface area contributed by atoms with E-state index in [0.29, 0.717) is 22.6 Å². The fraction of sp³-hybridized carbons (Fsp3) is 0.167. The highest BCUT2D eigenvalue weighted by atomic mass is 19.1. The van der Waals surface area contributed by atoms with Gasteiger partial charge in [-0.3, -0.25) is 4.79 Å². The van der Waals surface area contributed by atoms with E-state index in [1.807, 2.05) is 0 Å².